The zero-order valence-corrected chi connectivity index (χ0v) is 12.4. The monoisotopic (exact) mass is 296 g/mol. The van der Waals surface area contributed by atoms with E-state index >= 15 is 0 Å². The van der Waals surface area contributed by atoms with Crippen molar-refractivity contribution in [2.24, 2.45) is 5.73 Å². The second-order valence-corrected chi connectivity index (χ2v) is 5.70. The van der Waals surface area contributed by atoms with Crippen molar-refractivity contribution < 1.29 is 4.79 Å². The fourth-order valence-corrected chi connectivity index (χ4v) is 2.72. The van der Waals surface area contributed by atoms with Gasteiger partial charge in [0.1, 0.15) is 4.99 Å². The number of carbonyl (C=O) groups is 1. The number of carbonyl (C=O) groups excluding carboxylic acids is 1. The SMILES string of the molecule is NC(=S)c1ccc(CC(=O)N2Cc3ccccc3C2)cc1. The summed E-state index contributed by atoms with van der Waals surface area (Å²) in [6.07, 6.45) is 0.408. The van der Waals surface area contributed by atoms with Gasteiger partial charge in [-0.3, -0.25) is 4.79 Å². The molecule has 0 unspecified atom stereocenters. The van der Waals surface area contributed by atoms with Crippen LogP contribution in [0.4, 0.5) is 0 Å². The van der Waals surface area contributed by atoms with E-state index in [9.17, 15) is 4.79 Å². The number of nitrogens with zero attached hydrogens (tertiary/aromatic N) is 1. The maximum Gasteiger partial charge on any atom is 0.227 e. The summed E-state index contributed by atoms with van der Waals surface area (Å²) < 4.78 is 0. The maximum absolute atomic E-state index is 12.4. The molecule has 4 heteroatoms. The number of hydrogen-bond acceptors (Lipinski definition) is 2. The van der Waals surface area contributed by atoms with Crippen LogP contribution in [0.2, 0.25) is 0 Å². The summed E-state index contributed by atoms with van der Waals surface area (Å²) in [6, 6.07) is 15.8. The van der Waals surface area contributed by atoms with Crippen LogP contribution in [0.15, 0.2) is 48.5 Å². The minimum atomic E-state index is 0.147. The minimum Gasteiger partial charge on any atom is -0.389 e. The summed E-state index contributed by atoms with van der Waals surface area (Å²) >= 11 is 4.92. The van der Waals surface area contributed by atoms with E-state index in [1.807, 2.05) is 41.3 Å². The highest BCUT2D eigenvalue weighted by Crippen LogP contribution is 2.22. The molecule has 0 fully saturated rings. The molecule has 0 atom stereocenters. The predicted octanol–water partition coefficient (Wildman–Crippen LogP) is 2.41. The van der Waals surface area contributed by atoms with Crippen LogP contribution in [-0.4, -0.2) is 15.8 Å². The van der Waals surface area contributed by atoms with Crippen LogP contribution in [0.5, 0.6) is 0 Å². The smallest absolute Gasteiger partial charge is 0.227 e. The summed E-state index contributed by atoms with van der Waals surface area (Å²) in [7, 11) is 0. The van der Waals surface area contributed by atoms with Crippen molar-refractivity contribution in [3.8, 4) is 0 Å². The lowest BCUT2D eigenvalue weighted by Crippen LogP contribution is -2.26. The third-order valence-corrected chi connectivity index (χ3v) is 4.02. The molecular formula is C17H16N2OS. The van der Waals surface area contributed by atoms with E-state index in [2.05, 4.69) is 12.1 Å². The molecule has 106 valence electrons. The lowest BCUT2D eigenvalue weighted by molar-refractivity contribution is -0.131. The molecule has 21 heavy (non-hydrogen) atoms. The Morgan fingerprint density at radius 1 is 1.05 bits per heavy atom. The lowest BCUT2D eigenvalue weighted by Gasteiger charge is -2.15. The van der Waals surface area contributed by atoms with Gasteiger partial charge in [-0.1, -0.05) is 60.7 Å². The lowest BCUT2D eigenvalue weighted by atomic mass is 10.1. The number of amides is 1. The van der Waals surface area contributed by atoms with Crippen LogP contribution in [0.3, 0.4) is 0 Å². The number of rotatable bonds is 3. The molecule has 0 aliphatic carbocycles. The van der Waals surface area contributed by atoms with Crippen molar-refractivity contribution in [2.45, 2.75) is 19.5 Å². The third kappa shape index (κ3) is 2.95. The largest absolute Gasteiger partial charge is 0.389 e. The first-order chi connectivity index (χ1) is 10.1. The van der Waals surface area contributed by atoms with Gasteiger partial charge in [-0.2, -0.15) is 0 Å². The van der Waals surface area contributed by atoms with Crippen molar-refractivity contribution in [2.75, 3.05) is 0 Å². The van der Waals surface area contributed by atoms with E-state index in [-0.39, 0.29) is 5.91 Å². The van der Waals surface area contributed by atoms with Gasteiger partial charge in [0.15, 0.2) is 0 Å². The molecule has 0 bridgehead atoms. The van der Waals surface area contributed by atoms with Crippen molar-refractivity contribution in [1.29, 1.82) is 0 Å². The number of hydrogen-bond donors (Lipinski definition) is 1. The van der Waals surface area contributed by atoms with Crippen LogP contribution in [0.25, 0.3) is 0 Å². The summed E-state index contributed by atoms with van der Waals surface area (Å²) in [5.41, 5.74) is 9.87. The van der Waals surface area contributed by atoms with Gasteiger partial charge in [0.05, 0.1) is 6.42 Å². The Balaban J connectivity index is 1.66. The van der Waals surface area contributed by atoms with E-state index in [4.69, 9.17) is 18.0 Å². The number of nitrogens with two attached hydrogens (primary N) is 1. The van der Waals surface area contributed by atoms with E-state index < -0.39 is 0 Å². The first-order valence-electron chi connectivity index (χ1n) is 6.87. The normalized spacial score (nSPS) is 13.0. The second kappa shape index (κ2) is 5.66. The standard InChI is InChI=1S/C17H16N2OS/c18-17(21)13-7-5-12(6-8-13)9-16(20)19-10-14-3-1-2-4-15(14)11-19/h1-8H,9-11H2,(H2,18,21). The highest BCUT2D eigenvalue weighted by Gasteiger charge is 2.22. The summed E-state index contributed by atoms with van der Waals surface area (Å²) in [5.74, 6) is 0.147. The maximum atomic E-state index is 12.4. The first-order valence-corrected chi connectivity index (χ1v) is 7.27. The Bertz CT molecular complexity index is 669. The molecule has 1 amide bonds. The van der Waals surface area contributed by atoms with Crippen molar-refractivity contribution in [1.82, 2.24) is 4.90 Å². The Kier molecular flexibility index (Phi) is 3.71. The minimum absolute atomic E-state index is 0.147. The molecule has 3 rings (SSSR count). The van der Waals surface area contributed by atoms with Crippen LogP contribution < -0.4 is 5.73 Å². The molecular weight excluding hydrogens is 280 g/mol. The molecule has 2 aromatic rings. The van der Waals surface area contributed by atoms with Gasteiger partial charge in [-0.15, -0.1) is 0 Å². The Hall–Kier alpha value is -2.20. The second-order valence-electron chi connectivity index (χ2n) is 5.26. The molecule has 0 aromatic heterocycles. The number of fused-ring (bicyclic) bond motifs is 1. The van der Waals surface area contributed by atoms with Crippen LogP contribution in [0.1, 0.15) is 22.3 Å². The molecule has 1 heterocycles. The topological polar surface area (TPSA) is 46.3 Å². The van der Waals surface area contributed by atoms with E-state index in [1.165, 1.54) is 11.1 Å². The molecule has 0 saturated carbocycles. The average Bonchev–Trinajstić information content (AvgIpc) is 2.92. The fourth-order valence-electron chi connectivity index (χ4n) is 2.58. The van der Waals surface area contributed by atoms with E-state index in [0.717, 1.165) is 11.1 Å². The quantitative estimate of drug-likeness (QED) is 0.885. The molecule has 1 aliphatic heterocycles. The highest BCUT2D eigenvalue weighted by molar-refractivity contribution is 7.80. The molecule has 3 nitrogen and oxygen atoms in total. The molecule has 0 saturated heterocycles. The Labute approximate surface area is 129 Å². The zero-order chi connectivity index (χ0) is 14.8. The van der Waals surface area contributed by atoms with Gasteiger partial charge in [-0.05, 0) is 16.7 Å². The zero-order valence-electron chi connectivity index (χ0n) is 11.6. The fraction of sp³-hybridized carbons (Fsp3) is 0.176. The third-order valence-electron chi connectivity index (χ3n) is 3.79. The number of thiocarbonyl (C=S) groups is 1. The van der Waals surface area contributed by atoms with Gasteiger partial charge in [0.25, 0.3) is 0 Å². The molecule has 0 spiro atoms. The molecule has 0 radical (unpaired) electrons. The predicted molar refractivity (Wildman–Crippen MR) is 86.7 cm³/mol. The van der Waals surface area contributed by atoms with Gasteiger partial charge < -0.3 is 10.6 Å². The summed E-state index contributed by atoms with van der Waals surface area (Å²) in [4.78, 5) is 14.7. The Morgan fingerprint density at radius 3 is 2.14 bits per heavy atom. The van der Waals surface area contributed by atoms with Crippen molar-refractivity contribution in [3.63, 3.8) is 0 Å². The van der Waals surface area contributed by atoms with E-state index in [0.29, 0.717) is 24.5 Å². The van der Waals surface area contributed by atoms with Crippen LogP contribution in [0, 0.1) is 0 Å². The van der Waals surface area contributed by atoms with Gasteiger partial charge in [0, 0.05) is 18.7 Å². The summed E-state index contributed by atoms with van der Waals surface area (Å²) in [5, 5.41) is 0. The average molecular weight is 296 g/mol. The molecule has 2 N–H and O–H groups in total. The van der Waals surface area contributed by atoms with Crippen molar-refractivity contribution in [3.05, 3.63) is 70.8 Å². The van der Waals surface area contributed by atoms with Gasteiger partial charge in [-0.25, -0.2) is 0 Å². The first kappa shape index (κ1) is 13.8. The van der Waals surface area contributed by atoms with Crippen LogP contribution in [-0.2, 0) is 24.3 Å². The summed E-state index contributed by atoms with van der Waals surface area (Å²) in [6.45, 7) is 1.42. The van der Waals surface area contributed by atoms with Gasteiger partial charge in [0.2, 0.25) is 5.91 Å². The Morgan fingerprint density at radius 2 is 1.62 bits per heavy atom. The van der Waals surface area contributed by atoms with E-state index in [1.54, 1.807) is 0 Å². The van der Waals surface area contributed by atoms with Crippen LogP contribution >= 0.6 is 12.2 Å². The van der Waals surface area contributed by atoms with Gasteiger partial charge >= 0.3 is 0 Å². The highest BCUT2D eigenvalue weighted by atomic mass is 32.1. The molecule has 2 aromatic carbocycles. The number of benzene rings is 2. The molecule has 1 aliphatic rings. The van der Waals surface area contributed by atoms with Crippen molar-refractivity contribution >= 4 is 23.1 Å².